The lowest BCUT2D eigenvalue weighted by atomic mass is 10.1. The van der Waals surface area contributed by atoms with E-state index < -0.39 is 4.92 Å². The van der Waals surface area contributed by atoms with E-state index in [0.717, 1.165) is 37.7 Å². The van der Waals surface area contributed by atoms with Crippen LogP contribution in [-0.4, -0.2) is 60.0 Å². The largest absolute Gasteiger partial charge is 0.495 e. The predicted octanol–water partition coefficient (Wildman–Crippen LogP) is 3.40. The van der Waals surface area contributed by atoms with Crippen molar-refractivity contribution in [3.05, 3.63) is 63.2 Å². The minimum atomic E-state index is -0.502. The van der Waals surface area contributed by atoms with Crippen LogP contribution in [0.4, 0.5) is 11.4 Å². The van der Waals surface area contributed by atoms with E-state index >= 15 is 0 Å². The van der Waals surface area contributed by atoms with Gasteiger partial charge in [0, 0.05) is 49.9 Å². The molecule has 0 bridgehead atoms. The molecule has 30 heavy (non-hydrogen) atoms. The minimum absolute atomic E-state index is 0.103. The number of methoxy groups -OCH3 is 1. The molecule has 1 N–H and O–H groups in total. The molecule has 1 fully saturated rings. The number of nitro benzene ring substituents is 1. The molecular formula is C21H25ClN4O4. The highest BCUT2D eigenvalue weighted by atomic mass is 35.5. The van der Waals surface area contributed by atoms with Gasteiger partial charge < -0.3 is 10.1 Å². The van der Waals surface area contributed by atoms with Gasteiger partial charge in [0.1, 0.15) is 5.75 Å². The van der Waals surface area contributed by atoms with Crippen molar-refractivity contribution in [3.63, 3.8) is 0 Å². The monoisotopic (exact) mass is 432 g/mol. The second kappa shape index (κ2) is 9.88. The number of nitrogens with zero attached hydrogens (tertiary/aromatic N) is 3. The van der Waals surface area contributed by atoms with Crippen molar-refractivity contribution < 1.29 is 14.5 Å². The highest BCUT2D eigenvalue weighted by Crippen LogP contribution is 2.29. The van der Waals surface area contributed by atoms with Crippen LogP contribution in [0.25, 0.3) is 0 Å². The lowest BCUT2D eigenvalue weighted by Crippen LogP contribution is -2.52. The fourth-order valence-electron chi connectivity index (χ4n) is 3.51. The number of anilines is 1. The summed E-state index contributed by atoms with van der Waals surface area (Å²) in [7, 11) is 1.46. The Morgan fingerprint density at radius 1 is 1.23 bits per heavy atom. The number of carbonyl (C=O) groups excluding carboxylic acids is 1. The van der Waals surface area contributed by atoms with Gasteiger partial charge in [-0.15, -0.1) is 0 Å². The number of ether oxygens (including phenoxy) is 1. The smallest absolute Gasteiger partial charge is 0.271 e. The van der Waals surface area contributed by atoms with Crippen LogP contribution >= 0.6 is 11.6 Å². The number of benzene rings is 2. The number of non-ortho nitro benzene ring substituents is 1. The highest BCUT2D eigenvalue weighted by Gasteiger charge is 2.26. The first-order valence-corrected chi connectivity index (χ1v) is 10.1. The zero-order valence-electron chi connectivity index (χ0n) is 17.0. The first-order valence-electron chi connectivity index (χ1n) is 9.71. The van der Waals surface area contributed by atoms with E-state index in [4.69, 9.17) is 16.3 Å². The summed E-state index contributed by atoms with van der Waals surface area (Å²) >= 11 is 6.06. The number of hydrogen-bond acceptors (Lipinski definition) is 6. The van der Waals surface area contributed by atoms with E-state index in [0.29, 0.717) is 11.4 Å². The zero-order chi connectivity index (χ0) is 21.7. The molecule has 1 saturated heterocycles. The van der Waals surface area contributed by atoms with Crippen LogP contribution in [0.1, 0.15) is 12.5 Å². The molecule has 1 heterocycles. The Bertz CT molecular complexity index is 916. The Kier molecular flexibility index (Phi) is 7.25. The normalized spacial score (nSPS) is 16.1. The van der Waals surface area contributed by atoms with Crippen molar-refractivity contribution in [1.82, 2.24) is 9.80 Å². The third-order valence-corrected chi connectivity index (χ3v) is 5.52. The standard InChI is InChI=1S/C21H25ClN4O4/c1-15(21(27)23-19-13-18(26(28)29)6-7-20(19)30-2)25-10-8-24(9-11-25)14-16-4-3-5-17(22)12-16/h3-7,12-13,15H,8-11,14H2,1-2H3,(H,23,27). The van der Waals surface area contributed by atoms with Crippen molar-refractivity contribution in [2.75, 3.05) is 38.6 Å². The molecular weight excluding hydrogens is 408 g/mol. The maximum atomic E-state index is 12.8. The van der Waals surface area contributed by atoms with Crippen LogP contribution in [0.5, 0.6) is 5.75 Å². The van der Waals surface area contributed by atoms with Crippen molar-refractivity contribution >= 4 is 28.9 Å². The van der Waals surface area contributed by atoms with Crippen molar-refractivity contribution in [3.8, 4) is 5.75 Å². The van der Waals surface area contributed by atoms with E-state index in [2.05, 4.69) is 21.2 Å². The maximum Gasteiger partial charge on any atom is 0.271 e. The fourth-order valence-corrected chi connectivity index (χ4v) is 3.73. The van der Waals surface area contributed by atoms with Gasteiger partial charge in [-0.05, 0) is 30.7 Å². The Labute approximate surface area is 180 Å². The second-order valence-corrected chi connectivity index (χ2v) is 7.69. The molecule has 2 aromatic carbocycles. The number of nitro groups is 1. The summed E-state index contributed by atoms with van der Waals surface area (Å²) in [4.78, 5) is 27.7. The molecule has 0 saturated carbocycles. The quantitative estimate of drug-likeness (QED) is 0.533. The molecule has 0 aliphatic carbocycles. The second-order valence-electron chi connectivity index (χ2n) is 7.25. The Morgan fingerprint density at radius 2 is 1.97 bits per heavy atom. The molecule has 0 radical (unpaired) electrons. The Balaban J connectivity index is 1.57. The van der Waals surface area contributed by atoms with Gasteiger partial charge in [0.2, 0.25) is 5.91 Å². The van der Waals surface area contributed by atoms with Gasteiger partial charge in [0.25, 0.3) is 5.69 Å². The summed E-state index contributed by atoms with van der Waals surface area (Å²) in [5.74, 6) is 0.157. The van der Waals surface area contributed by atoms with E-state index in [1.165, 1.54) is 30.9 Å². The first-order chi connectivity index (χ1) is 14.4. The van der Waals surface area contributed by atoms with Crippen LogP contribution < -0.4 is 10.1 Å². The minimum Gasteiger partial charge on any atom is -0.495 e. The van der Waals surface area contributed by atoms with Crippen molar-refractivity contribution in [2.45, 2.75) is 19.5 Å². The van der Waals surface area contributed by atoms with Gasteiger partial charge in [0.15, 0.2) is 0 Å². The molecule has 1 aliphatic heterocycles. The molecule has 1 amide bonds. The number of piperazine rings is 1. The van der Waals surface area contributed by atoms with E-state index in [1.807, 2.05) is 25.1 Å². The first kappa shape index (κ1) is 22.0. The summed E-state index contributed by atoms with van der Waals surface area (Å²) in [6, 6.07) is 11.6. The van der Waals surface area contributed by atoms with Crippen LogP contribution in [0.2, 0.25) is 5.02 Å². The Hall–Kier alpha value is -2.68. The highest BCUT2D eigenvalue weighted by molar-refractivity contribution is 6.30. The van der Waals surface area contributed by atoms with Gasteiger partial charge in [-0.1, -0.05) is 23.7 Å². The lowest BCUT2D eigenvalue weighted by Gasteiger charge is -2.37. The number of rotatable bonds is 7. The third kappa shape index (κ3) is 5.47. The van der Waals surface area contributed by atoms with E-state index in [9.17, 15) is 14.9 Å². The van der Waals surface area contributed by atoms with Gasteiger partial charge in [0.05, 0.1) is 23.8 Å². The van der Waals surface area contributed by atoms with Crippen molar-refractivity contribution in [2.24, 2.45) is 0 Å². The van der Waals surface area contributed by atoms with Gasteiger partial charge in [-0.25, -0.2) is 0 Å². The summed E-state index contributed by atoms with van der Waals surface area (Å²) < 4.78 is 5.22. The average Bonchev–Trinajstić information content (AvgIpc) is 2.73. The van der Waals surface area contributed by atoms with Crippen molar-refractivity contribution in [1.29, 1.82) is 0 Å². The summed E-state index contributed by atoms with van der Waals surface area (Å²) in [6.45, 7) is 5.84. The Morgan fingerprint density at radius 3 is 2.60 bits per heavy atom. The predicted molar refractivity (Wildman–Crippen MR) is 116 cm³/mol. The molecule has 0 aromatic heterocycles. The number of nitrogens with one attached hydrogen (secondary N) is 1. The molecule has 0 spiro atoms. The van der Waals surface area contributed by atoms with E-state index in [1.54, 1.807) is 0 Å². The van der Waals surface area contributed by atoms with Crippen LogP contribution in [0.15, 0.2) is 42.5 Å². The summed E-state index contributed by atoms with van der Waals surface area (Å²) in [5, 5.41) is 14.5. The molecule has 9 heteroatoms. The molecule has 1 atom stereocenters. The van der Waals surface area contributed by atoms with Gasteiger partial charge >= 0.3 is 0 Å². The summed E-state index contributed by atoms with van der Waals surface area (Å²) in [5.41, 5.74) is 1.36. The number of hydrogen-bond donors (Lipinski definition) is 1. The molecule has 1 unspecified atom stereocenters. The molecule has 1 aliphatic rings. The van der Waals surface area contributed by atoms with Crippen LogP contribution in [0.3, 0.4) is 0 Å². The molecule has 8 nitrogen and oxygen atoms in total. The lowest BCUT2D eigenvalue weighted by molar-refractivity contribution is -0.384. The number of halogens is 1. The van der Waals surface area contributed by atoms with Crippen LogP contribution in [-0.2, 0) is 11.3 Å². The summed E-state index contributed by atoms with van der Waals surface area (Å²) in [6.07, 6.45) is 0. The number of carbonyl (C=O) groups is 1. The van der Waals surface area contributed by atoms with Crippen LogP contribution in [0, 0.1) is 10.1 Å². The van der Waals surface area contributed by atoms with Gasteiger partial charge in [-0.2, -0.15) is 0 Å². The molecule has 2 aromatic rings. The molecule has 3 rings (SSSR count). The fraction of sp³-hybridized carbons (Fsp3) is 0.381. The zero-order valence-corrected chi connectivity index (χ0v) is 17.8. The maximum absolute atomic E-state index is 12.8. The molecule has 160 valence electrons. The van der Waals surface area contributed by atoms with E-state index in [-0.39, 0.29) is 17.6 Å². The average molecular weight is 433 g/mol. The SMILES string of the molecule is COc1ccc([N+](=O)[O-])cc1NC(=O)C(C)N1CCN(Cc2cccc(Cl)c2)CC1. The topological polar surface area (TPSA) is 87.9 Å². The van der Waals surface area contributed by atoms with Gasteiger partial charge in [-0.3, -0.25) is 24.7 Å². The number of amides is 1. The third-order valence-electron chi connectivity index (χ3n) is 5.28.